The fourth-order valence-electron chi connectivity index (χ4n) is 3.30. The number of nitrogens with zero attached hydrogens (tertiary/aromatic N) is 2. The molecule has 24 heavy (non-hydrogen) atoms. The Balaban J connectivity index is 1.95. The molecule has 3 heteroatoms. The molecule has 3 rings (SSSR count). The van der Waals surface area contributed by atoms with Gasteiger partial charge in [-0.05, 0) is 50.6 Å². The Hall–Kier alpha value is -2.55. The second kappa shape index (κ2) is 6.91. The maximum atomic E-state index is 12.7. The summed E-state index contributed by atoms with van der Waals surface area (Å²) in [5.41, 5.74) is 5.09. The lowest BCUT2D eigenvalue weighted by molar-refractivity contribution is -0.112. The van der Waals surface area contributed by atoms with Gasteiger partial charge in [-0.25, -0.2) is 0 Å². The van der Waals surface area contributed by atoms with Gasteiger partial charge < -0.3 is 9.80 Å². The molecule has 3 nitrogen and oxygen atoms in total. The minimum absolute atomic E-state index is 0.0894. The van der Waals surface area contributed by atoms with Crippen molar-refractivity contribution in [1.29, 1.82) is 0 Å². The third-order valence-corrected chi connectivity index (χ3v) is 4.61. The third kappa shape index (κ3) is 2.82. The van der Waals surface area contributed by atoms with Crippen LogP contribution in [0.25, 0.3) is 11.6 Å². The number of fused-ring (bicyclic) bond motifs is 1. The Labute approximate surface area is 144 Å². The molecule has 1 aliphatic rings. The quantitative estimate of drug-likeness (QED) is 0.760. The number of carbonyl (C=O) groups excluding carboxylic acids is 1. The van der Waals surface area contributed by atoms with Crippen molar-refractivity contribution in [3.8, 4) is 0 Å². The summed E-state index contributed by atoms with van der Waals surface area (Å²) in [6.07, 6.45) is 2.00. The van der Waals surface area contributed by atoms with Crippen LogP contribution in [0.4, 0.5) is 11.4 Å². The number of likely N-dealkylation sites (N-methyl/N-ethyl adjacent to an activating group) is 1. The molecule has 124 valence electrons. The molecule has 1 aliphatic heterocycles. The van der Waals surface area contributed by atoms with Gasteiger partial charge in [0.15, 0.2) is 0 Å². The van der Waals surface area contributed by atoms with Gasteiger partial charge in [0.05, 0.1) is 5.69 Å². The highest BCUT2D eigenvalue weighted by atomic mass is 16.2. The van der Waals surface area contributed by atoms with E-state index in [-0.39, 0.29) is 5.91 Å². The Morgan fingerprint density at radius 2 is 1.62 bits per heavy atom. The summed E-state index contributed by atoms with van der Waals surface area (Å²) in [6, 6.07) is 16.4. The lowest BCUT2D eigenvalue weighted by Crippen LogP contribution is -2.25. The summed E-state index contributed by atoms with van der Waals surface area (Å²) in [5, 5.41) is 0. The topological polar surface area (TPSA) is 23.6 Å². The van der Waals surface area contributed by atoms with Crippen LogP contribution in [0.2, 0.25) is 0 Å². The van der Waals surface area contributed by atoms with Crippen LogP contribution in [-0.2, 0) is 4.79 Å². The standard InChI is InChI=1S/C21H24N2O/c1-4-22(5-2)17-13-11-16(12-14-17)15-19-18-9-7-8-10-20(18)23(6-3)21(19)24/h7-15H,4-6H2,1-3H3/b19-15-. The van der Waals surface area contributed by atoms with Gasteiger partial charge in [0.25, 0.3) is 5.91 Å². The second-order valence-electron chi connectivity index (χ2n) is 5.89. The van der Waals surface area contributed by atoms with Crippen LogP contribution in [0.3, 0.4) is 0 Å². The van der Waals surface area contributed by atoms with Crippen molar-refractivity contribution in [2.75, 3.05) is 29.4 Å². The molecule has 0 radical (unpaired) electrons. The van der Waals surface area contributed by atoms with Crippen molar-refractivity contribution in [1.82, 2.24) is 0 Å². The van der Waals surface area contributed by atoms with E-state index >= 15 is 0 Å². The predicted molar refractivity (Wildman–Crippen MR) is 102 cm³/mol. The van der Waals surface area contributed by atoms with Crippen LogP contribution < -0.4 is 9.80 Å². The minimum Gasteiger partial charge on any atom is -0.372 e. The molecule has 2 aromatic carbocycles. The highest BCUT2D eigenvalue weighted by Gasteiger charge is 2.30. The maximum absolute atomic E-state index is 12.7. The Bertz CT molecular complexity index is 758. The molecule has 0 saturated carbocycles. The number of hydrogen-bond donors (Lipinski definition) is 0. The van der Waals surface area contributed by atoms with E-state index in [1.54, 1.807) is 0 Å². The van der Waals surface area contributed by atoms with Crippen LogP contribution >= 0.6 is 0 Å². The highest BCUT2D eigenvalue weighted by molar-refractivity contribution is 6.35. The lowest BCUT2D eigenvalue weighted by Gasteiger charge is -2.20. The van der Waals surface area contributed by atoms with Gasteiger partial charge in [0, 0.05) is 36.5 Å². The summed E-state index contributed by atoms with van der Waals surface area (Å²) < 4.78 is 0. The van der Waals surface area contributed by atoms with Gasteiger partial charge >= 0.3 is 0 Å². The number of anilines is 2. The minimum atomic E-state index is 0.0894. The number of hydrogen-bond acceptors (Lipinski definition) is 2. The molecule has 0 aliphatic carbocycles. The zero-order valence-corrected chi connectivity index (χ0v) is 14.6. The first-order valence-corrected chi connectivity index (χ1v) is 8.67. The van der Waals surface area contributed by atoms with Crippen LogP contribution in [0.15, 0.2) is 48.5 Å². The SMILES string of the molecule is CCN(CC)c1ccc(/C=C2\C(=O)N(CC)c3ccccc32)cc1. The van der Waals surface area contributed by atoms with Crippen LogP contribution in [0.5, 0.6) is 0 Å². The average molecular weight is 320 g/mol. The molecule has 2 aromatic rings. The summed E-state index contributed by atoms with van der Waals surface area (Å²) in [5.74, 6) is 0.0894. The van der Waals surface area contributed by atoms with E-state index in [0.717, 1.165) is 35.5 Å². The van der Waals surface area contributed by atoms with Crippen molar-refractivity contribution in [3.05, 3.63) is 59.7 Å². The van der Waals surface area contributed by atoms with E-state index in [4.69, 9.17) is 0 Å². The zero-order chi connectivity index (χ0) is 17.1. The first-order valence-electron chi connectivity index (χ1n) is 8.67. The fraction of sp³-hybridized carbons (Fsp3) is 0.286. The molecule has 0 unspecified atom stereocenters. The fourth-order valence-corrected chi connectivity index (χ4v) is 3.30. The van der Waals surface area contributed by atoms with E-state index < -0.39 is 0 Å². The van der Waals surface area contributed by atoms with E-state index in [9.17, 15) is 4.79 Å². The Morgan fingerprint density at radius 3 is 2.25 bits per heavy atom. The second-order valence-corrected chi connectivity index (χ2v) is 5.89. The average Bonchev–Trinajstić information content (AvgIpc) is 2.89. The van der Waals surface area contributed by atoms with Gasteiger partial charge in [0.2, 0.25) is 0 Å². The molecule has 0 bridgehead atoms. The lowest BCUT2D eigenvalue weighted by atomic mass is 10.0. The largest absolute Gasteiger partial charge is 0.372 e. The number of para-hydroxylation sites is 1. The molecule has 0 fully saturated rings. The van der Waals surface area contributed by atoms with Crippen molar-refractivity contribution < 1.29 is 4.79 Å². The smallest absolute Gasteiger partial charge is 0.258 e. The first kappa shape index (κ1) is 16.3. The molecule has 0 spiro atoms. The molecular weight excluding hydrogens is 296 g/mol. The van der Waals surface area contributed by atoms with E-state index in [1.807, 2.05) is 42.2 Å². The first-order chi connectivity index (χ1) is 11.7. The molecule has 1 heterocycles. The summed E-state index contributed by atoms with van der Waals surface area (Å²) in [7, 11) is 0. The van der Waals surface area contributed by atoms with Gasteiger partial charge in [0.1, 0.15) is 0 Å². The molecule has 1 amide bonds. The third-order valence-electron chi connectivity index (χ3n) is 4.61. The van der Waals surface area contributed by atoms with Crippen LogP contribution in [0, 0.1) is 0 Å². The number of rotatable bonds is 5. The monoisotopic (exact) mass is 320 g/mol. The molecular formula is C21H24N2O. The molecule has 0 N–H and O–H groups in total. The molecule has 0 aromatic heterocycles. The Morgan fingerprint density at radius 1 is 0.958 bits per heavy atom. The molecule has 0 atom stereocenters. The Kier molecular flexibility index (Phi) is 4.70. The van der Waals surface area contributed by atoms with Crippen molar-refractivity contribution in [2.24, 2.45) is 0 Å². The van der Waals surface area contributed by atoms with E-state index in [1.165, 1.54) is 5.69 Å². The van der Waals surface area contributed by atoms with Gasteiger partial charge in [-0.15, -0.1) is 0 Å². The summed E-state index contributed by atoms with van der Waals surface area (Å²) >= 11 is 0. The maximum Gasteiger partial charge on any atom is 0.258 e. The summed E-state index contributed by atoms with van der Waals surface area (Å²) in [6.45, 7) is 9.01. The van der Waals surface area contributed by atoms with Gasteiger partial charge in [-0.1, -0.05) is 30.3 Å². The predicted octanol–water partition coefficient (Wildman–Crippen LogP) is 4.44. The van der Waals surface area contributed by atoms with Crippen LogP contribution in [0.1, 0.15) is 31.9 Å². The van der Waals surface area contributed by atoms with Gasteiger partial charge in [-0.2, -0.15) is 0 Å². The van der Waals surface area contributed by atoms with Crippen molar-refractivity contribution in [3.63, 3.8) is 0 Å². The highest BCUT2D eigenvalue weighted by Crippen LogP contribution is 2.37. The van der Waals surface area contributed by atoms with Crippen LogP contribution in [-0.4, -0.2) is 25.5 Å². The van der Waals surface area contributed by atoms with E-state index in [0.29, 0.717) is 6.54 Å². The number of benzene rings is 2. The molecule has 0 saturated heterocycles. The van der Waals surface area contributed by atoms with Crippen molar-refractivity contribution >= 4 is 28.9 Å². The van der Waals surface area contributed by atoms with Crippen molar-refractivity contribution in [2.45, 2.75) is 20.8 Å². The summed E-state index contributed by atoms with van der Waals surface area (Å²) in [4.78, 5) is 16.9. The number of amides is 1. The van der Waals surface area contributed by atoms with Gasteiger partial charge in [-0.3, -0.25) is 4.79 Å². The normalized spacial score (nSPS) is 15.0. The zero-order valence-electron chi connectivity index (χ0n) is 14.6. The van der Waals surface area contributed by atoms with E-state index in [2.05, 4.69) is 43.0 Å². The number of carbonyl (C=O) groups is 1.